The molecule has 132 valence electrons. The highest BCUT2D eigenvalue weighted by Crippen LogP contribution is 2.32. The van der Waals surface area contributed by atoms with E-state index in [4.69, 9.17) is 26.1 Å². The van der Waals surface area contributed by atoms with Crippen molar-refractivity contribution >= 4 is 23.6 Å². The monoisotopic (exact) mass is 378 g/mol. The van der Waals surface area contributed by atoms with Crippen molar-refractivity contribution in [2.24, 2.45) is 0 Å². The van der Waals surface area contributed by atoms with Crippen LogP contribution in [0.1, 0.15) is 5.56 Å². The zero-order valence-corrected chi connectivity index (χ0v) is 15.9. The van der Waals surface area contributed by atoms with E-state index in [9.17, 15) is 0 Å². The lowest BCUT2D eigenvalue weighted by atomic mass is 10.2. The molecule has 2 aromatic heterocycles. The fraction of sp³-hybridized carbons (Fsp3) is 0.294. The fourth-order valence-corrected chi connectivity index (χ4v) is 3.40. The van der Waals surface area contributed by atoms with Crippen molar-refractivity contribution in [1.29, 1.82) is 0 Å². The van der Waals surface area contributed by atoms with Crippen LogP contribution in [-0.4, -0.2) is 31.0 Å². The summed E-state index contributed by atoms with van der Waals surface area (Å²) in [6.45, 7) is 1.52. The second-order valence-electron chi connectivity index (χ2n) is 5.66. The number of quaternary nitrogens is 1. The van der Waals surface area contributed by atoms with Crippen LogP contribution in [0, 0.1) is 4.84 Å². The molecule has 0 radical (unpaired) electrons. The van der Waals surface area contributed by atoms with Crippen LogP contribution < -0.4 is 14.4 Å². The Morgan fingerprint density at radius 3 is 2.80 bits per heavy atom. The quantitative estimate of drug-likeness (QED) is 0.641. The van der Waals surface area contributed by atoms with E-state index in [0.29, 0.717) is 28.9 Å². The highest BCUT2D eigenvalue weighted by atomic mass is 32.1. The summed E-state index contributed by atoms with van der Waals surface area (Å²) >= 11 is 7.02. The lowest BCUT2D eigenvalue weighted by molar-refractivity contribution is -0.917. The smallest absolute Gasteiger partial charge is 0.292 e. The number of nitrogens with one attached hydrogen (secondary N) is 1. The van der Waals surface area contributed by atoms with Crippen LogP contribution in [0.3, 0.4) is 0 Å². The lowest BCUT2D eigenvalue weighted by Crippen LogP contribution is -3.06. The Hall–Kier alpha value is -2.16. The van der Waals surface area contributed by atoms with E-state index < -0.39 is 0 Å². The molecular weight excluding hydrogens is 358 g/mol. The highest BCUT2D eigenvalue weighted by molar-refractivity contribution is 7.71. The minimum absolute atomic E-state index is 0.345. The average Bonchev–Trinajstić information content (AvgIpc) is 3.24. The van der Waals surface area contributed by atoms with Gasteiger partial charge in [-0.2, -0.15) is 16.0 Å². The number of hydrogen-bond acceptors (Lipinski definition) is 6. The SMILES string of the molecule is COc1ccc(-c2nn(C[NH+](C)Cc3ccsc3)c(=S)o2)c(OC)c1. The van der Waals surface area contributed by atoms with Crippen LogP contribution >= 0.6 is 23.6 Å². The molecule has 0 aliphatic rings. The van der Waals surface area contributed by atoms with Gasteiger partial charge in [0.05, 0.1) is 26.8 Å². The molecule has 25 heavy (non-hydrogen) atoms. The summed E-state index contributed by atoms with van der Waals surface area (Å²) < 4.78 is 18.0. The first kappa shape index (κ1) is 17.7. The van der Waals surface area contributed by atoms with Crippen LogP contribution in [0.25, 0.3) is 11.5 Å². The highest BCUT2D eigenvalue weighted by Gasteiger charge is 2.16. The number of nitrogens with zero attached hydrogens (tertiary/aromatic N) is 2. The van der Waals surface area contributed by atoms with E-state index in [0.717, 1.165) is 12.1 Å². The maximum absolute atomic E-state index is 5.69. The number of benzene rings is 1. The predicted octanol–water partition coefficient (Wildman–Crippen LogP) is 2.62. The molecule has 3 rings (SSSR count). The van der Waals surface area contributed by atoms with Crippen LogP contribution in [0.5, 0.6) is 11.5 Å². The summed E-state index contributed by atoms with van der Waals surface area (Å²) in [5.74, 6) is 1.77. The van der Waals surface area contributed by atoms with Gasteiger partial charge in [0.25, 0.3) is 10.7 Å². The van der Waals surface area contributed by atoms with E-state index in [1.165, 1.54) is 10.5 Å². The van der Waals surface area contributed by atoms with E-state index in [1.54, 1.807) is 36.3 Å². The molecule has 0 saturated heterocycles. The molecule has 1 atom stereocenters. The number of thiophene rings is 1. The molecule has 0 amide bonds. The standard InChI is InChI=1S/C17H19N3O3S2/c1-19(9-12-6-7-25-10-12)11-20-17(24)23-16(18-20)14-5-4-13(21-2)8-15(14)22-3/h4-8,10H,9,11H2,1-3H3/p+1. The van der Waals surface area contributed by atoms with Crippen molar-refractivity contribution in [3.63, 3.8) is 0 Å². The number of hydrogen-bond donors (Lipinski definition) is 1. The van der Waals surface area contributed by atoms with Gasteiger partial charge in [-0.1, -0.05) is 0 Å². The Bertz CT molecular complexity index is 887. The number of aromatic nitrogens is 2. The zero-order valence-electron chi connectivity index (χ0n) is 14.3. The van der Waals surface area contributed by atoms with Gasteiger partial charge in [-0.25, -0.2) is 0 Å². The molecule has 1 N–H and O–H groups in total. The van der Waals surface area contributed by atoms with Gasteiger partial charge in [-0.05, 0) is 41.2 Å². The van der Waals surface area contributed by atoms with Crippen LogP contribution in [0.15, 0.2) is 39.4 Å². The Morgan fingerprint density at radius 1 is 1.28 bits per heavy atom. The zero-order chi connectivity index (χ0) is 17.8. The third-order valence-corrected chi connectivity index (χ3v) is 4.78. The Balaban J connectivity index is 1.81. The molecule has 1 aromatic carbocycles. The molecule has 6 nitrogen and oxygen atoms in total. The van der Waals surface area contributed by atoms with Crippen LogP contribution in [-0.2, 0) is 13.2 Å². The second kappa shape index (κ2) is 7.81. The summed E-state index contributed by atoms with van der Waals surface area (Å²) in [7, 11) is 5.31. The van der Waals surface area contributed by atoms with E-state index in [1.807, 2.05) is 12.1 Å². The third kappa shape index (κ3) is 4.09. The fourth-order valence-electron chi connectivity index (χ4n) is 2.54. The molecule has 2 heterocycles. The average molecular weight is 378 g/mol. The number of ether oxygens (including phenoxy) is 2. The topological polar surface area (TPSA) is 53.9 Å². The van der Waals surface area contributed by atoms with Crippen molar-refractivity contribution < 1.29 is 18.8 Å². The van der Waals surface area contributed by atoms with Crippen molar-refractivity contribution in [2.75, 3.05) is 21.3 Å². The lowest BCUT2D eigenvalue weighted by Gasteiger charge is -2.12. The van der Waals surface area contributed by atoms with Crippen molar-refractivity contribution in [2.45, 2.75) is 13.2 Å². The molecule has 0 fully saturated rings. The van der Waals surface area contributed by atoms with Gasteiger partial charge in [-0.15, -0.1) is 5.10 Å². The van der Waals surface area contributed by atoms with Gasteiger partial charge in [0.15, 0.2) is 6.67 Å². The van der Waals surface area contributed by atoms with E-state index in [-0.39, 0.29) is 0 Å². The van der Waals surface area contributed by atoms with Gasteiger partial charge in [0.2, 0.25) is 0 Å². The first-order valence-corrected chi connectivity index (χ1v) is 9.08. The largest absolute Gasteiger partial charge is 0.497 e. The summed E-state index contributed by atoms with van der Waals surface area (Å²) in [5, 5.41) is 8.75. The van der Waals surface area contributed by atoms with E-state index >= 15 is 0 Å². The predicted molar refractivity (Wildman–Crippen MR) is 98.8 cm³/mol. The summed E-state index contributed by atoms with van der Waals surface area (Å²) in [6, 6.07) is 7.61. The van der Waals surface area contributed by atoms with Gasteiger partial charge in [0, 0.05) is 11.6 Å². The molecule has 0 bridgehead atoms. The maximum Gasteiger partial charge on any atom is 0.292 e. The number of methoxy groups -OCH3 is 2. The van der Waals surface area contributed by atoms with Crippen molar-refractivity contribution in [3.8, 4) is 23.0 Å². The first-order chi connectivity index (χ1) is 12.1. The number of rotatable bonds is 7. The van der Waals surface area contributed by atoms with Gasteiger partial charge < -0.3 is 18.8 Å². The summed E-state index contributed by atoms with van der Waals surface area (Å²) in [4.78, 5) is 1.61. The summed E-state index contributed by atoms with van der Waals surface area (Å²) in [6.07, 6.45) is 0. The minimum atomic E-state index is 0.345. The molecule has 1 unspecified atom stereocenters. The van der Waals surface area contributed by atoms with Gasteiger partial charge in [-0.3, -0.25) is 0 Å². The van der Waals surface area contributed by atoms with Crippen molar-refractivity contribution in [3.05, 3.63) is 45.4 Å². The minimum Gasteiger partial charge on any atom is -0.497 e. The maximum atomic E-state index is 5.69. The Morgan fingerprint density at radius 2 is 2.12 bits per heavy atom. The molecule has 8 heteroatoms. The second-order valence-corrected chi connectivity index (χ2v) is 6.79. The van der Waals surface area contributed by atoms with Crippen molar-refractivity contribution in [1.82, 2.24) is 9.78 Å². The molecule has 0 spiro atoms. The molecular formula is C17H20N3O3S2+. The van der Waals surface area contributed by atoms with Crippen LogP contribution in [0.4, 0.5) is 0 Å². The molecule has 0 aliphatic heterocycles. The normalized spacial score (nSPS) is 12.1. The third-order valence-electron chi connectivity index (χ3n) is 3.75. The van der Waals surface area contributed by atoms with Gasteiger partial charge >= 0.3 is 0 Å². The van der Waals surface area contributed by atoms with Crippen LogP contribution in [0.2, 0.25) is 0 Å². The summed E-state index contributed by atoms with van der Waals surface area (Å²) in [5.41, 5.74) is 2.04. The molecule has 0 aliphatic carbocycles. The Labute approximate surface area is 155 Å². The molecule has 0 saturated carbocycles. The molecule has 3 aromatic rings. The van der Waals surface area contributed by atoms with E-state index in [2.05, 4.69) is 29.0 Å². The van der Waals surface area contributed by atoms with Gasteiger partial charge in [0.1, 0.15) is 18.0 Å². The first-order valence-electron chi connectivity index (χ1n) is 7.73. The Kier molecular flexibility index (Phi) is 5.52.